The lowest BCUT2D eigenvalue weighted by Crippen LogP contribution is -2.60. The maximum Gasteiger partial charge on any atom is 0.428 e. The molecule has 2 rings (SSSR count). The number of amides is 2. The number of benzene rings is 1. The Bertz CT molecular complexity index is 602. The quantitative estimate of drug-likeness (QED) is 0.699. The Morgan fingerprint density at radius 3 is 2.12 bits per heavy atom. The summed E-state index contributed by atoms with van der Waals surface area (Å²) >= 11 is 13.9. The lowest BCUT2D eigenvalue weighted by Gasteiger charge is -2.42. The molecule has 2 amide bonds. The van der Waals surface area contributed by atoms with Crippen molar-refractivity contribution in [1.29, 1.82) is 0 Å². The molecule has 1 aromatic rings. The minimum absolute atomic E-state index is 0.113. The van der Waals surface area contributed by atoms with Crippen molar-refractivity contribution in [2.75, 3.05) is 26.3 Å². The summed E-state index contributed by atoms with van der Waals surface area (Å²) in [5, 5.41) is 2.65. The van der Waals surface area contributed by atoms with Gasteiger partial charge < -0.3 is 9.47 Å². The number of hydrogen-bond acceptors (Lipinski definition) is 5. The summed E-state index contributed by atoms with van der Waals surface area (Å²) in [5.41, 5.74) is 0. The number of carbonyl (C=O) groups is 2. The van der Waals surface area contributed by atoms with Crippen molar-refractivity contribution in [3.63, 3.8) is 0 Å². The van der Waals surface area contributed by atoms with E-state index >= 15 is 0 Å². The van der Waals surface area contributed by atoms with E-state index in [9.17, 15) is 9.59 Å². The van der Waals surface area contributed by atoms with Crippen LogP contribution in [-0.2, 0) is 9.47 Å². The average molecular weight is 407 g/mol. The first-order chi connectivity index (χ1) is 12.0. The normalized spacial score (nSPS) is 20.3. The SMILES string of the molecule is CCOC(=O)N1C[C@H](Sc2ccc(Cl)cc2)[C@@H](Cl)CN1C(=O)OCC. The number of thioether (sulfide) groups is 1. The Balaban J connectivity index is 2.14. The van der Waals surface area contributed by atoms with E-state index in [-0.39, 0.29) is 36.9 Å². The Hall–Kier alpha value is -1.31. The molecule has 0 unspecified atom stereocenters. The minimum Gasteiger partial charge on any atom is -0.448 e. The van der Waals surface area contributed by atoms with Gasteiger partial charge in [-0.3, -0.25) is 0 Å². The highest BCUT2D eigenvalue weighted by Crippen LogP contribution is 2.33. The van der Waals surface area contributed by atoms with E-state index in [2.05, 4.69) is 0 Å². The van der Waals surface area contributed by atoms with Crippen molar-refractivity contribution in [1.82, 2.24) is 10.0 Å². The van der Waals surface area contributed by atoms with Crippen LogP contribution in [0.15, 0.2) is 29.2 Å². The van der Waals surface area contributed by atoms with Gasteiger partial charge in [0.1, 0.15) is 0 Å². The Kier molecular flexibility index (Phi) is 7.53. The first-order valence-electron chi connectivity index (χ1n) is 7.91. The number of halogens is 2. The highest BCUT2D eigenvalue weighted by molar-refractivity contribution is 8.00. The first kappa shape index (κ1) is 20.0. The number of ether oxygens (including phenoxy) is 2. The van der Waals surface area contributed by atoms with Gasteiger partial charge in [0, 0.05) is 15.2 Å². The predicted molar refractivity (Wildman–Crippen MR) is 98.2 cm³/mol. The van der Waals surface area contributed by atoms with Crippen LogP contribution in [0.4, 0.5) is 9.59 Å². The second-order valence-electron chi connectivity index (χ2n) is 5.19. The lowest BCUT2D eigenvalue weighted by atomic mass is 10.2. The second-order valence-corrected chi connectivity index (χ2v) is 7.50. The summed E-state index contributed by atoms with van der Waals surface area (Å²) in [6.07, 6.45) is -1.21. The smallest absolute Gasteiger partial charge is 0.428 e. The molecule has 1 saturated heterocycles. The Morgan fingerprint density at radius 1 is 1.08 bits per heavy atom. The van der Waals surface area contributed by atoms with E-state index in [0.29, 0.717) is 5.02 Å². The molecule has 0 saturated carbocycles. The van der Waals surface area contributed by atoms with E-state index in [1.54, 1.807) is 26.0 Å². The molecule has 0 bridgehead atoms. The van der Waals surface area contributed by atoms with Crippen molar-refractivity contribution in [3.05, 3.63) is 29.3 Å². The minimum atomic E-state index is -0.615. The first-order valence-corrected chi connectivity index (χ1v) is 9.60. The molecule has 1 aromatic carbocycles. The standard InChI is InChI=1S/C16H20Cl2N2O4S/c1-3-23-15(21)19-9-13(18)14(10-20(19)16(22)24-4-2)25-12-7-5-11(17)6-8-12/h5-8,13-14H,3-4,9-10H2,1-2H3/t13-,14-/m0/s1. The molecule has 1 aliphatic heterocycles. The maximum atomic E-state index is 12.3. The summed E-state index contributed by atoms with van der Waals surface area (Å²) in [6, 6.07) is 7.38. The van der Waals surface area contributed by atoms with E-state index in [0.717, 1.165) is 4.90 Å². The molecule has 0 radical (unpaired) electrons. The van der Waals surface area contributed by atoms with Gasteiger partial charge in [0.2, 0.25) is 0 Å². The number of carbonyl (C=O) groups excluding carboxylic acids is 2. The van der Waals surface area contributed by atoms with Crippen LogP contribution in [0.2, 0.25) is 5.02 Å². The molecule has 0 aliphatic carbocycles. The molecular weight excluding hydrogens is 387 g/mol. The predicted octanol–water partition coefficient (Wildman–Crippen LogP) is 4.25. The lowest BCUT2D eigenvalue weighted by molar-refractivity contribution is -0.0330. The Morgan fingerprint density at radius 2 is 1.60 bits per heavy atom. The molecule has 25 heavy (non-hydrogen) atoms. The van der Waals surface area contributed by atoms with Gasteiger partial charge in [0.25, 0.3) is 0 Å². The highest BCUT2D eigenvalue weighted by atomic mass is 35.5. The van der Waals surface area contributed by atoms with Gasteiger partial charge in [0.05, 0.1) is 31.7 Å². The molecule has 138 valence electrons. The Labute approximate surface area is 161 Å². The van der Waals surface area contributed by atoms with Crippen molar-refractivity contribution >= 4 is 47.2 Å². The zero-order valence-electron chi connectivity index (χ0n) is 14.0. The largest absolute Gasteiger partial charge is 0.448 e. The molecule has 0 aromatic heterocycles. The van der Waals surface area contributed by atoms with Gasteiger partial charge in [-0.25, -0.2) is 19.6 Å². The number of rotatable bonds is 4. The van der Waals surface area contributed by atoms with Crippen molar-refractivity contribution in [2.24, 2.45) is 0 Å². The van der Waals surface area contributed by atoms with Crippen LogP contribution in [-0.4, -0.2) is 59.1 Å². The van der Waals surface area contributed by atoms with Gasteiger partial charge in [0.15, 0.2) is 0 Å². The fourth-order valence-corrected chi connectivity index (χ4v) is 3.89. The molecule has 6 nitrogen and oxygen atoms in total. The third kappa shape index (κ3) is 5.33. The van der Waals surface area contributed by atoms with E-state index < -0.39 is 12.2 Å². The van der Waals surface area contributed by atoms with Crippen molar-refractivity contribution < 1.29 is 19.1 Å². The number of alkyl halides is 1. The number of hydrogen-bond donors (Lipinski definition) is 0. The van der Waals surface area contributed by atoms with Crippen LogP contribution >= 0.6 is 35.0 Å². The summed E-state index contributed by atoms with van der Waals surface area (Å²) < 4.78 is 10.1. The van der Waals surface area contributed by atoms with Gasteiger partial charge >= 0.3 is 12.2 Å². The molecule has 1 aliphatic rings. The fourth-order valence-electron chi connectivity index (χ4n) is 2.31. The van der Waals surface area contributed by atoms with Crippen LogP contribution in [0.3, 0.4) is 0 Å². The van der Waals surface area contributed by atoms with Gasteiger partial charge in [-0.15, -0.1) is 23.4 Å². The molecular formula is C16H20Cl2N2O4S. The summed E-state index contributed by atoms with van der Waals surface area (Å²) in [7, 11) is 0. The topological polar surface area (TPSA) is 59.1 Å². The van der Waals surface area contributed by atoms with Crippen LogP contribution in [0.25, 0.3) is 0 Å². The van der Waals surface area contributed by atoms with Gasteiger partial charge in [-0.1, -0.05) is 11.6 Å². The molecule has 0 spiro atoms. The third-order valence-electron chi connectivity index (χ3n) is 3.45. The monoisotopic (exact) mass is 406 g/mol. The van der Waals surface area contributed by atoms with Crippen LogP contribution in [0, 0.1) is 0 Å². The fraction of sp³-hybridized carbons (Fsp3) is 0.500. The molecule has 1 heterocycles. The highest BCUT2D eigenvalue weighted by Gasteiger charge is 2.40. The number of hydrazine groups is 1. The number of nitrogens with zero attached hydrogens (tertiary/aromatic N) is 2. The zero-order chi connectivity index (χ0) is 18.4. The summed E-state index contributed by atoms with van der Waals surface area (Å²) in [4.78, 5) is 25.4. The summed E-state index contributed by atoms with van der Waals surface area (Å²) in [6.45, 7) is 4.23. The van der Waals surface area contributed by atoms with Gasteiger partial charge in [-0.05, 0) is 38.1 Å². The van der Waals surface area contributed by atoms with Crippen LogP contribution in [0.5, 0.6) is 0 Å². The third-order valence-corrected chi connectivity index (χ3v) is 5.62. The van der Waals surface area contributed by atoms with E-state index in [1.165, 1.54) is 21.8 Å². The molecule has 0 N–H and O–H groups in total. The van der Waals surface area contributed by atoms with Crippen LogP contribution in [0.1, 0.15) is 13.8 Å². The zero-order valence-corrected chi connectivity index (χ0v) is 16.3. The van der Waals surface area contributed by atoms with E-state index in [1.807, 2.05) is 12.1 Å². The molecule has 9 heteroatoms. The average Bonchev–Trinajstić information content (AvgIpc) is 2.58. The molecule has 2 atom stereocenters. The van der Waals surface area contributed by atoms with Crippen molar-refractivity contribution in [3.8, 4) is 0 Å². The summed E-state index contributed by atoms with van der Waals surface area (Å²) in [5.74, 6) is 0. The van der Waals surface area contributed by atoms with Crippen molar-refractivity contribution in [2.45, 2.75) is 29.4 Å². The van der Waals surface area contributed by atoms with Crippen LogP contribution < -0.4 is 0 Å². The molecule has 1 fully saturated rings. The van der Waals surface area contributed by atoms with Gasteiger partial charge in [-0.2, -0.15) is 0 Å². The van der Waals surface area contributed by atoms with E-state index in [4.69, 9.17) is 32.7 Å². The maximum absolute atomic E-state index is 12.3. The second kappa shape index (κ2) is 9.40.